The zero-order chi connectivity index (χ0) is 18.0. The first-order chi connectivity index (χ1) is 12.7. The molecule has 2 aromatic rings. The highest BCUT2D eigenvalue weighted by Crippen LogP contribution is 2.42. The predicted molar refractivity (Wildman–Crippen MR) is 95.1 cm³/mol. The Bertz CT molecular complexity index is 792. The van der Waals surface area contributed by atoms with Gasteiger partial charge in [-0.05, 0) is 17.5 Å². The number of hydrogen-bond donors (Lipinski definition) is 0. The Morgan fingerprint density at radius 2 is 1.73 bits per heavy atom. The maximum Gasteiger partial charge on any atom is 0.334 e. The van der Waals surface area contributed by atoms with Crippen LogP contribution in [0.4, 0.5) is 0 Å². The number of amides is 1. The van der Waals surface area contributed by atoms with Crippen LogP contribution < -0.4 is 0 Å². The van der Waals surface area contributed by atoms with Crippen molar-refractivity contribution >= 4 is 11.9 Å². The Kier molecular flexibility index (Phi) is 4.47. The minimum atomic E-state index is -1.02. The van der Waals surface area contributed by atoms with Crippen molar-refractivity contribution in [2.24, 2.45) is 0 Å². The van der Waals surface area contributed by atoms with E-state index in [4.69, 9.17) is 9.47 Å². The zero-order valence-electron chi connectivity index (χ0n) is 14.5. The average molecular weight is 351 g/mol. The summed E-state index contributed by atoms with van der Waals surface area (Å²) in [6, 6.07) is 19.2. The van der Waals surface area contributed by atoms with Gasteiger partial charge in [0.05, 0.1) is 19.3 Å². The summed E-state index contributed by atoms with van der Waals surface area (Å²) in [7, 11) is 0. The maximum absolute atomic E-state index is 12.7. The second-order valence-corrected chi connectivity index (χ2v) is 6.80. The van der Waals surface area contributed by atoms with Crippen molar-refractivity contribution in [2.45, 2.75) is 31.0 Å². The van der Waals surface area contributed by atoms with Gasteiger partial charge >= 0.3 is 5.97 Å². The number of esters is 1. The number of hydrogen-bond acceptors (Lipinski definition) is 4. The molecule has 4 rings (SSSR count). The summed E-state index contributed by atoms with van der Waals surface area (Å²) in [4.78, 5) is 27.0. The number of morpholine rings is 1. The third-order valence-corrected chi connectivity index (χ3v) is 5.18. The molecular formula is C21H21NO4. The monoisotopic (exact) mass is 351 g/mol. The molecule has 0 saturated carbocycles. The summed E-state index contributed by atoms with van der Waals surface area (Å²) in [6.07, 6.45) is 0.774. The maximum atomic E-state index is 12.7. The van der Waals surface area contributed by atoms with Gasteiger partial charge in [-0.3, -0.25) is 4.79 Å². The molecule has 5 nitrogen and oxygen atoms in total. The molecule has 2 aliphatic heterocycles. The molecule has 2 saturated heterocycles. The molecule has 5 heteroatoms. The molecule has 0 N–H and O–H groups in total. The topological polar surface area (TPSA) is 55.8 Å². The molecule has 0 aliphatic carbocycles. The number of benzene rings is 2. The van der Waals surface area contributed by atoms with E-state index in [-0.39, 0.29) is 31.1 Å². The van der Waals surface area contributed by atoms with E-state index >= 15 is 0 Å². The van der Waals surface area contributed by atoms with Crippen LogP contribution in [0.5, 0.6) is 0 Å². The Labute approximate surface area is 152 Å². The Hall–Kier alpha value is -2.66. The van der Waals surface area contributed by atoms with Crippen LogP contribution in [-0.4, -0.2) is 35.5 Å². The van der Waals surface area contributed by atoms with E-state index in [1.807, 2.05) is 60.7 Å². The van der Waals surface area contributed by atoms with E-state index in [0.29, 0.717) is 19.4 Å². The van der Waals surface area contributed by atoms with Crippen LogP contribution in [0.25, 0.3) is 0 Å². The minimum absolute atomic E-state index is 0.0150. The standard InChI is InChI=1S/C21H21NO4/c23-19-11-12-21(15-25-13-16-7-3-1-4-8-16)20(24)26-14-18(22(19)21)17-9-5-2-6-10-17/h1-10,18H,11-15H2/t18-,21-/m1/s1. The van der Waals surface area contributed by atoms with Crippen LogP contribution in [0.1, 0.15) is 30.0 Å². The Balaban J connectivity index is 1.57. The van der Waals surface area contributed by atoms with Gasteiger partial charge in [-0.25, -0.2) is 4.79 Å². The van der Waals surface area contributed by atoms with E-state index < -0.39 is 5.54 Å². The largest absolute Gasteiger partial charge is 0.461 e. The van der Waals surface area contributed by atoms with Gasteiger partial charge in [0, 0.05) is 6.42 Å². The van der Waals surface area contributed by atoms with Gasteiger partial charge in [-0.2, -0.15) is 0 Å². The van der Waals surface area contributed by atoms with Crippen molar-refractivity contribution in [3.63, 3.8) is 0 Å². The van der Waals surface area contributed by atoms with Crippen molar-refractivity contribution in [2.75, 3.05) is 13.2 Å². The molecule has 2 heterocycles. The smallest absolute Gasteiger partial charge is 0.334 e. The van der Waals surface area contributed by atoms with Crippen LogP contribution in [-0.2, 0) is 25.7 Å². The van der Waals surface area contributed by atoms with E-state index in [9.17, 15) is 9.59 Å². The number of carbonyl (C=O) groups excluding carboxylic acids is 2. The van der Waals surface area contributed by atoms with Crippen molar-refractivity contribution in [1.82, 2.24) is 4.90 Å². The molecule has 0 spiro atoms. The molecule has 2 aromatic carbocycles. The lowest BCUT2D eigenvalue weighted by atomic mass is 9.92. The molecule has 0 unspecified atom stereocenters. The van der Waals surface area contributed by atoms with Gasteiger partial charge in [0.2, 0.25) is 5.91 Å². The lowest BCUT2D eigenvalue weighted by molar-refractivity contribution is -0.182. The van der Waals surface area contributed by atoms with E-state index in [2.05, 4.69) is 0 Å². The molecule has 2 fully saturated rings. The highest BCUT2D eigenvalue weighted by Gasteiger charge is 2.58. The van der Waals surface area contributed by atoms with Crippen LogP contribution in [0, 0.1) is 0 Å². The summed E-state index contributed by atoms with van der Waals surface area (Å²) < 4.78 is 11.4. The van der Waals surface area contributed by atoms with Crippen molar-refractivity contribution in [3.05, 3.63) is 71.8 Å². The lowest BCUT2D eigenvalue weighted by Crippen LogP contribution is -2.61. The number of ether oxygens (including phenoxy) is 2. The van der Waals surface area contributed by atoms with Crippen LogP contribution in [0.2, 0.25) is 0 Å². The predicted octanol–water partition coefficient (Wildman–Crippen LogP) is 2.86. The summed E-state index contributed by atoms with van der Waals surface area (Å²) in [5.41, 5.74) is 0.983. The number of rotatable bonds is 5. The SMILES string of the molecule is O=C1CC[C@@]2(COCc3ccccc3)C(=O)OC[C@H](c3ccccc3)N12. The number of carbonyl (C=O) groups is 2. The highest BCUT2D eigenvalue weighted by atomic mass is 16.5. The molecule has 2 atom stereocenters. The molecule has 0 bridgehead atoms. The van der Waals surface area contributed by atoms with Gasteiger partial charge in [0.15, 0.2) is 5.54 Å². The molecule has 0 radical (unpaired) electrons. The van der Waals surface area contributed by atoms with Gasteiger partial charge in [0.25, 0.3) is 0 Å². The normalized spacial score (nSPS) is 25.1. The van der Waals surface area contributed by atoms with Gasteiger partial charge < -0.3 is 14.4 Å². The van der Waals surface area contributed by atoms with Crippen molar-refractivity contribution < 1.29 is 19.1 Å². The third-order valence-electron chi connectivity index (χ3n) is 5.18. The Morgan fingerprint density at radius 3 is 2.46 bits per heavy atom. The first-order valence-corrected chi connectivity index (χ1v) is 8.87. The van der Waals surface area contributed by atoms with Gasteiger partial charge in [-0.15, -0.1) is 0 Å². The highest BCUT2D eigenvalue weighted by molar-refractivity contribution is 5.93. The van der Waals surface area contributed by atoms with Crippen LogP contribution in [0.3, 0.4) is 0 Å². The number of nitrogens with zero attached hydrogens (tertiary/aromatic N) is 1. The van der Waals surface area contributed by atoms with Crippen molar-refractivity contribution in [1.29, 1.82) is 0 Å². The zero-order valence-corrected chi connectivity index (χ0v) is 14.5. The summed E-state index contributed by atoms with van der Waals surface area (Å²) in [5.74, 6) is -0.373. The number of cyclic esters (lactones) is 1. The summed E-state index contributed by atoms with van der Waals surface area (Å²) >= 11 is 0. The molecule has 1 amide bonds. The van der Waals surface area contributed by atoms with Crippen molar-refractivity contribution in [3.8, 4) is 0 Å². The van der Waals surface area contributed by atoms with Crippen LogP contribution >= 0.6 is 0 Å². The van der Waals surface area contributed by atoms with Crippen LogP contribution in [0.15, 0.2) is 60.7 Å². The summed E-state index contributed by atoms with van der Waals surface area (Å²) in [6.45, 7) is 0.735. The fourth-order valence-electron chi connectivity index (χ4n) is 3.86. The van der Waals surface area contributed by atoms with Gasteiger partial charge in [-0.1, -0.05) is 60.7 Å². The van der Waals surface area contributed by atoms with Gasteiger partial charge in [0.1, 0.15) is 6.61 Å². The van der Waals surface area contributed by atoms with E-state index in [0.717, 1.165) is 11.1 Å². The number of fused-ring (bicyclic) bond motifs is 1. The van der Waals surface area contributed by atoms with E-state index in [1.165, 1.54) is 0 Å². The second kappa shape index (κ2) is 6.92. The molecule has 0 aromatic heterocycles. The quantitative estimate of drug-likeness (QED) is 0.778. The lowest BCUT2D eigenvalue weighted by Gasteiger charge is -2.45. The minimum Gasteiger partial charge on any atom is -0.461 e. The second-order valence-electron chi connectivity index (χ2n) is 6.80. The average Bonchev–Trinajstić information content (AvgIpc) is 3.03. The fourth-order valence-corrected chi connectivity index (χ4v) is 3.86. The molecular weight excluding hydrogens is 330 g/mol. The first kappa shape index (κ1) is 16.8. The molecule has 134 valence electrons. The first-order valence-electron chi connectivity index (χ1n) is 8.87. The van der Waals surface area contributed by atoms with E-state index in [1.54, 1.807) is 4.90 Å². The molecule has 26 heavy (non-hydrogen) atoms. The Morgan fingerprint density at radius 1 is 1.04 bits per heavy atom. The fraction of sp³-hybridized carbons (Fsp3) is 0.333. The molecule has 2 aliphatic rings. The third kappa shape index (κ3) is 2.88. The summed E-state index contributed by atoms with van der Waals surface area (Å²) in [5, 5.41) is 0.